The Morgan fingerprint density at radius 1 is 1.40 bits per heavy atom. The van der Waals surface area contributed by atoms with Crippen LogP contribution in [0.3, 0.4) is 0 Å². The Morgan fingerprint density at radius 3 is 2.40 bits per heavy atom. The summed E-state index contributed by atoms with van der Waals surface area (Å²) in [5, 5.41) is 13.9. The lowest BCUT2D eigenvalue weighted by Crippen LogP contribution is -2.48. The standard InChI is InChI=1S/C10H18N2O3/c1-3-8(9(13)14)12-10(15)11-6(2)7-4-5-7/h6-8H,3-5H2,1-2H3,(H,13,14)(H2,11,12,15). The van der Waals surface area contributed by atoms with Crippen molar-refractivity contribution in [1.82, 2.24) is 10.6 Å². The van der Waals surface area contributed by atoms with Crippen LogP contribution < -0.4 is 10.6 Å². The number of nitrogens with one attached hydrogen (secondary N) is 2. The van der Waals surface area contributed by atoms with Crippen molar-refractivity contribution < 1.29 is 14.7 Å². The van der Waals surface area contributed by atoms with Crippen LogP contribution in [0.5, 0.6) is 0 Å². The zero-order valence-corrected chi connectivity index (χ0v) is 9.12. The van der Waals surface area contributed by atoms with E-state index in [4.69, 9.17) is 5.11 Å². The molecule has 1 saturated carbocycles. The average Bonchev–Trinajstić information content (AvgIpc) is 2.96. The van der Waals surface area contributed by atoms with Gasteiger partial charge in [-0.2, -0.15) is 0 Å². The van der Waals surface area contributed by atoms with Crippen LogP contribution in [0.2, 0.25) is 0 Å². The molecule has 0 heterocycles. The molecule has 5 nitrogen and oxygen atoms in total. The SMILES string of the molecule is CCC(NC(=O)NC(C)C1CC1)C(=O)O. The van der Waals surface area contributed by atoms with Gasteiger partial charge in [0.05, 0.1) is 0 Å². The van der Waals surface area contributed by atoms with Crippen LogP contribution in [0.4, 0.5) is 4.79 Å². The van der Waals surface area contributed by atoms with Gasteiger partial charge in [-0.15, -0.1) is 0 Å². The van der Waals surface area contributed by atoms with Crippen molar-refractivity contribution in [2.45, 2.75) is 45.2 Å². The molecule has 2 unspecified atom stereocenters. The number of carbonyl (C=O) groups excluding carboxylic acids is 1. The number of aliphatic carboxylic acids is 1. The minimum atomic E-state index is -0.994. The summed E-state index contributed by atoms with van der Waals surface area (Å²) in [6.07, 6.45) is 2.69. The van der Waals surface area contributed by atoms with Gasteiger partial charge in [0.2, 0.25) is 0 Å². The maximum atomic E-state index is 11.4. The second-order valence-electron chi connectivity index (χ2n) is 4.04. The normalized spacial score (nSPS) is 19.1. The molecule has 2 amide bonds. The summed E-state index contributed by atoms with van der Waals surface area (Å²) in [4.78, 5) is 22.0. The molecule has 3 N–H and O–H groups in total. The highest BCUT2D eigenvalue weighted by molar-refractivity contribution is 5.82. The Kier molecular flexibility index (Phi) is 3.94. The minimum absolute atomic E-state index is 0.135. The molecule has 86 valence electrons. The van der Waals surface area contributed by atoms with Crippen LogP contribution in [-0.2, 0) is 4.79 Å². The Balaban J connectivity index is 2.29. The minimum Gasteiger partial charge on any atom is -0.480 e. The molecule has 1 aliphatic carbocycles. The van der Waals surface area contributed by atoms with Gasteiger partial charge in [-0.25, -0.2) is 9.59 Å². The average molecular weight is 214 g/mol. The van der Waals surface area contributed by atoms with Crippen molar-refractivity contribution in [3.63, 3.8) is 0 Å². The fraction of sp³-hybridized carbons (Fsp3) is 0.800. The third-order valence-electron chi connectivity index (χ3n) is 2.70. The highest BCUT2D eigenvalue weighted by Crippen LogP contribution is 2.32. The van der Waals surface area contributed by atoms with Gasteiger partial charge in [-0.05, 0) is 32.1 Å². The fourth-order valence-electron chi connectivity index (χ4n) is 1.46. The highest BCUT2D eigenvalue weighted by atomic mass is 16.4. The van der Waals surface area contributed by atoms with E-state index in [2.05, 4.69) is 10.6 Å². The predicted octanol–water partition coefficient (Wildman–Crippen LogP) is 0.947. The summed E-state index contributed by atoms with van der Waals surface area (Å²) in [5.74, 6) is -0.424. The number of urea groups is 1. The molecule has 2 atom stereocenters. The zero-order valence-electron chi connectivity index (χ0n) is 9.12. The summed E-state index contributed by atoms with van der Waals surface area (Å²) in [7, 11) is 0. The monoisotopic (exact) mass is 214 g/mol. The molecule has 0 saturated heterocycles. The number of carboxylic acids is 1. The number of carboxylic acid groups (broad SMARTS) is 1. The molecule has 0 aromatic carbocycles. The third kappa shape index (κ3) is 3.77. The molecule has 1 aliphatic rings. The van der Waals surface area contributed by atoms with Crippen molar-refractivity contribution in [1.29, 1.82) is 0 Å². The van der Waals surface area contributed by atoms with Gasteiger partial charge < -0.3 is 15.7 Å². The van der Waals surface area contributed by atoms with Gasteiger partial charge in [-0.1, -0.05) is 6.92 Å². The fourth-order valence-corrected chi connectivity index (χ4v) is 1.46. The molecule has 1 rings (SSSR count). The first-order valence-electron chi connectivity index (χ1n) is 5.34. The molecule has 15 heavy (non-hydrogen) atoms. The molecule has 5 heteroatoms. The molecular weight excluding hydrogens is 196 g/mol. The Morgan fingerprint density at radius 2 is 2.00 bits per heavy atom. The van der Waals surface area contributed by atoms with Crippen molar-refractivity contribution in [3.05, 3.63) is 0 Å². The van der Waals surface area contributed by atoms with E-state index < -0.39 is 12.0 Å². The van der Waals surface area contributed by atoms with Gasteiger partial charge in [0.25, 0.3) is 0 Å². The van der Waals surface area contributed by atoms with E-state index in [0.29, 0.717) is 12.3 Å². The quantitative estimate of drug-likeness (QED) is 0.637. The van der Waals surface area contributed by atoms with Gasteiger partial charge in [-0.3, -0.25) is 0 Å². The third-order valence-corrected chi connectivity index (χ3v) is 2.70. The predicted molar refractivity (Wildman–Crippen MR) is 55.6 cm³/mol. The van der Waals surface area contributed by atoms with E-state index in [9.17, 15) is 9.59 Å². The lowest BCUT2D eigenvalue weighted by atomic mass is 10.2. The van der Waals surface area contributed by atoms with E-state index in [1.54, 1.807) is 6.92 Å². The van der Waals surface area contributed by atoms with Gasteiger partial charge in [0, 0.05) is 6.04 Å². The Bertz CT molecular complexity index is 251. The van der Waals surface area contributed by atoms with Crippen LogP contribution >= 0.6 is 0 Å². The second kappa shape index (κ2) is 5.00. The maximum absolute atomic E-state index is 11.4. The Labute approximate surface area is 89.2 Å². The summed E-state index contributed by atoms with van der Waals surface area (Å²) < 4.78 is 0. The van der Waals surface area contributed by atoms with Crippen molar-refractivity contribution >= 4 is 12.0 Å². The lowest BCUT2D eigenvalue weighted by molar-refractivity contribution is -0.139. The smallest absolute Gasteiger partial charge is 0.326 e. The molecule has 0 radical (unpaired) electrons. The molecule has 1 fully saturated rings. The first kappa shape index (κ1) is 11.8. The van der Waals surface area contributed by atoms with E-state index in [1.165, 1.54) is 0 Å². The van der Waals surface area contributed by atoms with Crippen LogP contribution in [0.1, 0.15) is 33.1 Å². The first-order valence-corrected chi connectivity index (χ1v) is 5.34. The molecule has 0 spiro atoms. The summed E-state index contributed by atoms with van der Waals surface area (Å²) in [6, 6.07) is -1.05. The summed E-state index contributed by atoms with van der Waals surface area (Å²) >= 11 is 0. The summed E-state index contributed by atoms with van der Waals surface area (Å²) in [5.41, 5.74) is 0. The van der Waals surface area contributed by atoms with Crippen LogP contribution in [0.15, 0.2) is 0 Å². The van der Waals surface area contributed by atoms with Crippen molar-refractivity contribution in [2.75, 3.05) is 0 Å². The number of hydrogen-bond acceptors (Lipinski definition) is 2. The number of hydrogen-bond donors (Lipinski definition) is 3. The van der Waals surface area contributed by atoms with E-state index in [0.717, 1.165) is 12.8 Å². The van der Waals surface area contributed by atoms with E-state index in [-0.39, 0.29) is 12.1 Å². The largest absolute Gasteiger partial charge is 0.480 e. The molecule has 0 bridgehead atoms. The Hall–Kier alpha value is -1.26. The highest BCUT2D eigenvalue weighted by Gasteiger charge is 2.29. The second-order valence-corrected chi connectivity index (χ2v) is 4.04. The molecule has 0 aliphatic heterocycles. The van der Waals surface area contributed by atoms with Gasteiger partial charge in [0.1, 0.15) is 6.04 Å². The van der Waals surface area contributed by atoms with Crippen molar-refractivity contribution in [2.24, 2.45) is 5.92 Å². The lowest BCUT2D eigenvalue weighted by Gasteiger charge is -2.16. The molecular formula is C10H18N2O3. The van der Waals surface area contributed by atoms with E-state index >= 15 is 0 Å². The summed E-state index contributed by atoms with van der Waals surface area (Å²) in [6.45, 7) is 3.67. The first-order chi connectivity index (χ1) is 7.04. The van der Waals surface area contributed by atoms with E-state index in [1.807, 2.05) is 6.92 Å². The van der Waals surface area contributed by atoms with Crippen LogP contribution in [0.25, 0.3) is 0 Å². The van der Waals surface area contributed by atoms with Crippen molar-refractivity contribution in [3.8, 4) is 0 Å². The van der Waals surface area contributed by atoms with Crippen LogP contribution in [0, 0.1) is 5.92 Å². The number of amides is 2. The molecule has 0 aromatic heterocycles. The van der Waals surface area contributed by atoms with Crippen LogP contribution in [-0.4, -0.2) is 29.2 Å². The van der Waals surface area contributed by atoms with Gasteiger partial charge >= 0.3 is 12.0 Å². The number of carbonyl (C=O) groups is 2. The number of rotatable bonds is 5. The van der Waals surface area contributed by atoms with Gasteiger partial charge in [0.15, 0.2) is 0 Å². The maximum Gasteiger partial charge on any atom is 0.326 e. The molecule has 0 aromatic rings. The topological polar surface area (TPSA) is 78.4 Å². The zero-order chi connectivity index (χ0) is 11.4.